The molecule has 0 aliphatic rings. The average Bonchev–Trinajstić information content (AvgIpc) is 2.58. The van der Waals surface area contributed by atoms with Gasteiger partial charge in [0.05, 0.1) is 5.69 Å². The van der Waals surface area contributed by atoms with Crippen molar-refractivity contribution in [1.82, 2.24) is 0 Å². The van der Waals surface area contributed by atoms with Crippen molar-refractivity contribution in [3.05, 3.63) is 65.2 Å². The first-order valence-electron chi connectivity index (χ1n) is 8.57. The highest BCUT2D eigenvalue weighted by molar-refractivity contribution is 5.91. The third-order valence-corrected chi connectivity index (χ3v) is 4.25. The van der Waals surface area contributed by atoms with E-state index in [2.05, 4.69) is 50.4 Å². The van der Waals surface area contributed by atoms with E-state index in [0.717, 1.165) is 24.1 Å². The molecule has 0 spiro atoms. The SMILES string of the molecule is CCc1ccc([C@@H]([NH2+]CC(=O)Nc2ccc(F)cc2F)C(C)C)cc1. The van der Waals surface area contributed by atoms with Crippen molar-refractivity contribution in [2.75, 3.05) is 11.9 Å². The van der Waals surface area contributed by atoms with Gasteiger partial charge in [-0.15, -0.1) is 0 Å². The number of rotatable bonds is 7. The summed E-state index contributed by atoms with van der Waals surface area (Å²) < 4.78 is 26.5. The summed E-state index contributed by atoms with van der Waals surface area (Å²) in [4.78, 5) is 12.1. The van der Waals surface area contributed by atoms with E-state index >= 15 is 0 Å². The van der Waals surface area contributed by atoms with Crippen LogP contribution in [0.2, 0.25) is 0 Å². The predicted octanol–water partition coefficient (Wildman–Crippen LogP) is 3.43. The highest BCUT2D eigenvalue weighted by atomic mass is 19.1. The van der Waals surface area contributed by atoms with Gasteiger partial charge in [0.1, 0.15) is 17.7 Å². The van der Waals surface area contributed by atoms with E-state index in [0.29, 0.717) is 5.92 Å². The molecule has 2 rings (SSSR count). The predicted molar refractivity (Wildman–Crippen MR) is 95.2 cm³/mol. The molecule has 0 bridgehead atoms. The zero-order valence-electron chi connectivity index (χ0n) is 14.9. The largest absolute Gasteiger partial charge is 0.332 e. The van der Waals surface area contributed by atoms with Gasteiger partial charge in [0.25, 0.3) is 5.91 Å². The number of anilines is 1. The lowest BCUT2D eigenvalue weighted by Crippen LogP contribution is -2.88. The second kappa shape index (κ2) is 8.72. The van der Waals surface area contributed by atoms with Crippen molar-refractivity contribution in [2.24, 2.45) is 5.92 Å². The molecule has 25 heavy (non-hydrogen) atoms. The van der Waals surface area contributed by atoms with Gasteiger partial charge in [0, 0.05) is 17.5 Å². The Kier molecular flexibility index (Phi) is 6.65. The topological polar surface area (TPSA) is 45.7 Å². The molecule has 5 heteroatoms. The van der Waals surface area contributed by atoms with Crippen LogP contribution < -0.4 is 10.6 Å². The summed E-state index contributed by atoms with van der Waals surface area (Å²) in [7, 11) is 0. The van der Waals surface area contributed by atoms with Crippen molar-refractivity contribution in [3.63, 3.8) is 0 Å². The second-order valence-electron chi connectivity index (χ2n) is 6.48. The van der Waals surface area contributed by atoms with E-state index in [1.54, 1.807) is 0 Å². The molecule has 0 unspecified atom stereocenters. The van der Waals surface area contributed by atoms with E-state index in [9.17, 15) is 13.6 Å². The van der Waals surface area contributed by atoms with Crippen molar-refractivity contribution in [2.45, 2.75) is 33.2 Å². The van der Waals surface area contributed by atoms with Gasteiger partial charge in [-0.25, -0.2) is 8.78 Å². The zero-order chi connectivity index (χ0) is 18.4. The molecule has 0 fully saturated rings. The first kappa shape index (κ1) is 19.1. The summed E-state index contributed by atoms with van der Waals surface area (Å²) in [6, 6.07) is 11.6. The lowest BCUT2D eigenvalue weighted by Gasteiger charge is -2.20. The number of benzene rings is 2. The monoisotopic (exact) mass is 347 g/mol. The summed E-state index contributed by atoms with van der Waals surface area (Å²) >= 11 is 0. The normalized spacial score (nSPS) is 12.2. The fourth-order valence-corrected chi connectivity index (χ4v) is 2.79. The third kappa shape index (κ3) is 5.36. The minimum absolute atomic E-state index is 0.00630. The molecule has 1 amide bonds. The van der Waals surface area contributed by atoms with Crippen LogP contribution >= 0.6 is 0 Å². The maximum Gasteiger partial charge on any atom is 0.279 e. The molecular formula is C20H25F2N2O+. The number of aryl methyl sites for hydroxylation is 1. The number of carbonyl (C=O) groups is 1. The van der Waals surface area contributed by atoms with Crippen molar-refractivity contribution in [1.29, 1.82) is 0 Å². The van der Waals surface area contributed by atoms with Crippen LogP contribution in [0.5, 0.6) is 0 Å². The quantitative estimate of drug-likeness (QED) is 0.792. The highest BCUT2D eigenvalue weighted by Gasteiger charge is 2.20. The fraction of sp³-hybridized carbons (Fsp3) is 0.350. The van der Waals surface area contributed by atoms with Crippen LogP contribution in [0, 0.1) is 17.6 Å². The molecule has 0 aromatic heterocycles. The van der Waals surface area contributed by atoms with Gasteiger partial charge >= 0.3 is 0 Å². The molecule has 134 valence electrons. The lowest BCUT2D eigenvalue weighted by molar-refractivity contribution is -0.692. The van der Waals surface area contributed by atoms with Crippen LogP contribution in [0.25, 0.3) is 0 Å². The number of nitrogens with one attached hydrogen (secondary N) is 1. The lowest BCUT2D eigenvalue weighted by atomic mass is 9.95. The van der Waals surface area contributed by atoms with Crippen LogP contribution in [0.1, 0.15) is 37.9 Å². The van der Waals surface area contributed by atoms with Gasteiger partial charge < -0.3 is 10.6 Å². The summed E-state index contributed by atoms with van der Waals surface area (Å²) in [6.45, 7) is 6.48. The van der Waals surface area contributed by atoms with Gasteiger partial charge in [-0.3, -0.25) is 4.79 Å². The van der Waals surface area contributed by atoms with Gasteiger partial charge in [-0.05, 0) is 24.1 Å². The summed E-state index contributed by atoms with van der Waals surface area (Å²) in [5, 5.41) is 4.44. The number of carbonyl (C=O) groups excluding carboxylic acids is 1. The molecule has 3 N–H and O–H groups in total. The molecule has 0 heterocycles. The molecule has 0 radical (unpaired) electrons. The van der Waals surface area contributed by atoms with Crippen molar-refractivity contribution < 1.29 is 18.9 Å². The number of quaternary nitrogens is 1. The molecule has 0 saturated carbocycles. The summed E-state index contributed by atoms with van der Waals surface area (Å²) in [5.74, 6) is -1.43. The van der Waals surface area contributed by atoms with Gasteiger partial charge in [0.15, 0.2) is 6.54 Å². The van der Waals surface area contributed by atoms with Gasteiger partial charge in [0.2, 0.25) is 0 Å². The summed E-state index contributed by atoms with van der Waals surface area (Å²) in [5.41, 5.74) is 2.43. The maximum atomic E-state index is 13.6. The smallest absolute Gasteiger partial charge is 0.279 e. The van der Waals surface area contributed by atoms with Crippen LogP contribution in [0.4, 0.5) is 14.5 Å². The summed E-state index contributed by atoms with van der Waals surface area (Å²) in [6.07, 6.45) is 0.988. The highest BCUT2D eigenvalue weighted by Crippen LogP contribution is 2.18. The fourth-order valence-electron chi connectivity index (χ4n) is 2.79. The Hall–Kier alpha value is -2.27. The Morgan fingerprint density at radius 1 is 1.12 bits per heavy atom. The third-order valence-electron chi connectivity index (χ3n) is 4.25. The van der Waals surface area contributed by atoms with E-state index in [1.165, 1.54) is 11.6 Å². The molecule has 2 aromatic carbocycles. The standard InChI is InChI=1S/C20H24F2N2O/c1-4-14-5-7-15(8-6-14)20(13(2)3)23-12-19(25)24-18-10-9-16(21)11-17(18)22/h5-11,13,20,23H,4,12H2,1-3H3,(H,24,25)/p+1/t20-/m0/s1. The van der Waals surface area contributed by atoms with E-state index in [-0.39, 0.29) is 24.2 Å². The second-order valence-corrected chi connectivity index (χ2v) is 6.48. The average molecular weight is 347 g/mol. The molecule has 0 aliphatic carbocycles. The Labute approximate surface area is 147 Å². The Morgan fingerprint density at radius 2 is 1.80 bits per heavy atom. The van der Waals surface area contributed by atoms with E-state index in [4.69, 9.17) is 0 Å². The number of hydrogen-bond donors (Lipinski definition) is 2. The van der Waals surface area contributed by atoms with E-state index in [1.807, 2.05) is 5.32 Å². The van der Waals surface area contributed by atoms with Gasteiger partial charge in [-0.2, -0.15) is 0 Å². The van der Waals surface area contributed by atoms with Crippen molar-refractivity contribution >= 4 is 11.6 Å². The zero-order valence-corrected chi connectivity index (χ0v) is 14.9. The van der Waals surface area contributed by atoms with Crippen LogP contribution in [-0.4, -0.2) is 12.5 Å². The van der Waals surface area contributed by atoms with Crippen LogP contribution in [-0.2, 0) is 11.2 Å². The van der Waals surface area contributed by atoms with Gasteiger partial charge in [-0.1, -0.05) is 45.0 Å². The molecule has 3 nitrogen and oxygen atoms in total. The minimum Gasteiger partial charge on any atom is -0.332 e. The Balaban J connectivity index is 1.99. The molecule has 0 saturated heterocycles. The first-order valence-corrected chi connectivity index (χ1v) is 8.57. The first-order chi connectivity index (χ1) is 11.9. The Bertz CT molecular complexity index is 714. The van der Waals surface area contributed by atoms with E-state index < -0.39 is 11.6 Å². The number of amides is 1. The van der Waals surface area contributed by atoms with Crippen LogP contribution in [0.15, 0.2) is 42.5 Å². The molecular weight excluding hydrogens is 322 g/mol. The van der Waals surface area contributed by atoms with Crippen molar-refractivity contribution in [3.8, 4) is 0 Å². The minimum atomic E-state index is -0.774. The number of hydrogen-bond acceptors (Lipinski definition) is 1. The number of halogens is 2. The maximum absolute atomic E-state index is 13.6. The molecule has 2 aromatic rings. The Morgan fingerprint density at radius 3 is 2.36 bits per heavy atom. The molecule has 0 aliphatic heterocycles. The molecule has 1 atom stereocenters. The van der Waals surface area contributed by atoms with Crippen LogP contribution in [0.3, 0.4) is 0 Å². The number of nitrogens with two attached hydrogens (primary N) is 1.